The van der Waals surface area contributed by atoms with Crippen molar-refractivity contribution in [3.8, 4) is 5.69 Å². The van der Waals surface area contributed by atoms with Crippen LogP contribution in [0.1, 0.15) is 19.4 Å². The van der Waals surface area contributed by atoms with Gasteiger partial charge in [-0.25, -0.2) is 0 Å². The normalized spacial score (nSPS) is 10.9. The Morgan fingerprint density at radius 2 is 1.75 bits per heavy atom. The number of hydrogen-bond donors (Lipinski definition) is 1. The summed E-state index contributed by atoms with van der Waals surface area (Å²) in [7, 11) is 0. The van der Waals surface area contributed by atoms with Crippen LogP contribution < -0.4 is 0 Å². The minimum atomic E-state index is -0.125. The number of ketones is 1. The zero-order valence-corrected chi connectivity index (χ0v) is 18.2. The molecule has 2 aromatic heterocycles. The predicted octanol–water partition coefficient (Wildman–Crippen LogP) is 5.32. The van der Waals surface area contributed by atoms with Crippen LogP contribution in [-0.2, 0) is 25.9 Å². The molecule has 2 heterocycles. The monoisotopic (exact) mass is 552 g/mol. The second-order valence-corrected chi connectivity index (χ2v) is 6.37. The third kappa shape index (κ3) is 4.76. The average molecular weight is 553 g/mol. The van der Waals surface area contributed by atoms with Crippen LogP contribution in [0.3, 0.4) is 0 Å². The summed E-state index contributed by atoms with van der Waals surface area (Å²) in [5.41, 5.74) is 5.69. The number of rotatable bonds is 2. The molecule has 1 N–H and O–H groups in total. The van der Waals surface area contributed by atoms with Gasteiger partial charge in [-0.3, -0.25) is 4.79 Å². The topological polar surface area (TPSA) is 55.1 Å². The van der Waals surface area contributed by atoms with Crippen LogP contribution in [0.15, 0.2) is 72.6 Å². The van der Waals surface area contributed by atoms with Gasteiger partial charge < -0.3 is 14.7 Å². The second-order valence-electron chi connectivity index (χ2n) is 6.37. The van der Waals surface area contributed by atoms with Crippen LogP contribution in [0.2, 0.25) is 0 Å². The molecule has 28 heavy (non-hydrogen) atoms. The average Bonchev–Trinajstić information content (AvgIpc) is 2.97. The van der Waals surface area contributed by atoms with Crippen LogP contribution in [0.4, 0.5) is 0 Å². The summed E-state index contributed by atoms with van der Waals surface area (Å²) in [6.45, 7) is 4.95. The summed E-state index contributed by atoms with van der Waals surface area (Å²) in [4.78, 5) is 14.5. The SMILES string of the molecule is CC(=O)/C=C(/C)O.Cc1ccc(-n2c3ccc[c-]c3c3ncccc32)cc1.[Pt]. The molecule has 0 saturated heterocycles. The smallest absolute Gasteiger partial charge is 0.155 e. The number of pyridine rings is 1. The van der Waals surface area contributed by atoms with Gasteiger partial charge in [0.15, 0.2) is 5.78 Å². The summed E-state index contributed by atoms with van der Waals surface area (Å²) in [5.74, 6) is -0.0625. The Morgan fingerprint density at radius 3 is 2.36 bits per heavy atom. The first kappa shape index (κ1) is 21.6. The van der Waals surface area contributed by atoms with Crippen LogP contribution in [0.25, 0.3) is 27.6 Å². The van der Waals surface area contributed by atoms with E-state index in [1.807, 2.05) is 24.4 Å². The van der Waals surface area contributed by atoms with Crippen LogP contribution >= 0.6 is 0 Å². The molecular formula is C23H21N2O2Pt-. The molecule has 0 amide bonds. The number of carbonyl (C=O) groups excluding carboxylic acids is 1. The fourth-order valence-electron chi connectivity index (χ4n) is 2.97. The Bertz CT molecular complexity index is 1070. The third-order valence-corrected chi connectivity index (χ3v) is 4.04. The first-order valence-corrected chi connectivity index (χ1v) is 8.68. The van der Waals surface area contributed by atoms with E-state index in [0.29, 0.717) is 0 Å². The summed E-state index contributed by atoms with van der Waals surface area (Å²) < 4.78 is 2.24. The van der Waals surface area contributed by atoms with Crippen molar-refractivity contribution in [3.63, 3.8) is 0 Å². The number of carbonyl (C=O) groups is 1. The number of hydrogen-bond acceptors (Lipinski definition) is 3. The fraction of sp³-hybridized carbons (Fsp3) is 0.130. The van der Waals surface area contributed by atoms with Gasteiger partial charge in [-0.1, -0.05) is 23.1 Å². The van der Waals surface area contributed by atoms with Crippen LogP contribution in [0, 0.1) is 13.0 Å². The zero-order chi connectivity index (χ0) is 19.4. The molecule has 0 aliphatic carbocycles. The van der Waals surface area contributed by atoms with Gasteiger partial charge in [0.05, 0.1) is 5.76 Å². The maximum atomic E-state index is 10.0. The van der Waals surface area contributed by atoms with Crippen molar-refractivity contribution in [2.45, 2.75) is 20.8 Å². The van der Waals surface area contributed by atoms with Crippen molar-refractivity contribution in [1.82, 2.24) is 9.55 Å². The molecule has 0 fully saturated rings. The van der Waals surface area contributed by atoms with Gasteiger partial charge in [-0.2, -0.15) is 0 Å². The van der Waals surface area contributed by atoms with Crippen molar-refractivity contribution >= 4 is 27.7 Å². The van der Waals surface area contributed by atoms with Crippen LogP contribution in [-0.4, -0.2) is 20.4 Å². The molecule has 5 heteroatoms. The number of aliphatic hydroxyl groups excluding tert-OH is 1. The van der Waals surface area contributed by atoms with Gasteiger partial charge in [0.2, 0.25) is 0 Å². The summed E-state index contributed by atoms with van der Waals surface area (Å²) in [5, 5.41) is 9.44. The minimum absolute atomic E-state index is 0. The number of aliphatic hydroxyl groups is 1. The Hall–Kier alpha value is -2.71. The standard InChI is InChI=1S/C18H13N2.C5H8O2.Pt/c1-13-8-10-14(11-9-13)20-16-6-3-2-5-15(16)18-17(20)7-4-12-19-18;1-4(6)3-5(2)7;/h2-4,6-12H,1H3;3,6H,1-2H3;/q-1;;/b;4-3-;. The van der Waals surface area contributed by atoms with Gasteiger partial charge >= 0.3 is 0 Å². The van der Waals surface area contributed by atoms with E-state index >= 15 is 0 Å². The minimum Gasteiger partial charge on any atom is -0.512 e. The Labute approximate surface area is 178 Å². The summed E-state index contributed by atoms with van der Waals surface area (Å²) in [6, 6.07) is 22.0. The quantitative estimate of drug-likeness (QED) is 0.208. The van der Waals surface area contributed by atoms with Crippen molar-refractivity contribution in [1.29, 1.82) is 0 Å². The second kappa shape index (κ2) is 9.47. The van der Waals surface area contributed by atoms with E-state index in [1.165, 1.54) is 25.5 Å². The summed E-state index contributed by atoms with van der Waals surface area (Å²) >= 11 is 0. The molecule has 0 bridgehead atoms. The largest absolute Gasteiger partial charge is 0.512 e. The first-order valence-electron chi connectivity index (χ1n) is 8.68. The molecule has 4 aromatic rings. The van der Waals surface area contributed by atoms with Gasteiger partial charge in [0.25, 0.3) is 0 Å². The van der Waals surface area contributed by atoms with E-state index in [0.717, 1.165) is 27.6 Å². The molecule has 0 aliphatic rings. The van der Waals surface area contributed by atoms with Crippen molar-refractivity contribution < 1.29 is 31.0 Å². The molecule has 0 radical (unpaired) electrons. The number of aromatic nitrogens is 2. The molecule has 0 spiro atoms. The molecule has 0 atom stereocenters. The summed E-state index contributed by atoms with van der Waals surface area (Å²) in [6.07, 6.45) is 3.00. The number of allylic oxidation sites excluding steroid dienone is 2. The van der Waals surface area contributed by atoms with E-state index in [1.54, 1.807) is 0 Å². The first-order chi connectivity index (χ1) is 13.0. The number of benzene rings is 2. The molecule has 0 saturated carbocycles. The Kier molecular flexibility index (Phi) is 7.30. The maximum absolute atomic E-state index is 10.0. The Balaban J connectivity index is 0.000000306. The molecule has 0 unspecified atom stereocenters. The molecule has 0 aliphatic heterocycles. The number of nitrogens with zero attached hydrogens (tertiary/aromatic N) is 2. The third-order valence-electron chi connectivity index (χ3n) is 4.04. The van der Waals surface area contributed by atoms with Gasteiger partial charge in [0.1, 0.15) is 0 Å². The fourth-order valence-corrected chi connectivity index (χ4v) is 2.97. The molecule has 146 valence electrons. The van der Waals surface area contributed by atoms with E-state index in [-0.39, 0.29) is 32.6 Å². The van der Waals surface area contributed by atoms with Crippen molar-refractivity contribution in [2.75, 3.05) is 0 Å². The van der Waals surface area contributed by atoms with E-state index in [4.69, 9.17) is 5.11 Å². The van der Waals surface area contributed by atoms with E-state index < -0.39 is 0 Å². The van der Waals surface area contributed by atoms with Gasteiger partial charge in [-0.05, 0) is 50.6 Å². The van der Waals surface area contributed by atoms with Crippen LogP contribution in [0.5, 0.6) is 0 Å². The molecule has 4 rings (SSSR count). The predicted molar refractivity (Wildman–Crippen MR) is 109 cm³/mol. The zero-order valence-electron chi connectivity index (χ0n) is 15.9. The number of fused-ring (bicyclic) bond motifs is 3. The van der Waals surface area contributed by atoms with E-state index in [2.05, 4.69) is 58.9 Å². The molecule has 2 aromatic carbocycles. The molecular weight excluding hydrogens is 531 g/mol. The molecule has 4 nitrogen and oxygen atoms in total. The van der Waals surface area contributed by atoms with Crippen molar-refractivity contribution in [3.05, 3.63) is 84.3 Å². The maximum Gasteiger partial charge on any atom is 0.155 e. The van der Waals surface area contributed by atoms with E-state index in [9.17, 15) is 4.79 Å². The number of aryl methyl sites for hydroxylation is 1. The Morgan fingerprint density at radius 1 is 1.07 bits per heavy atom. The van der Waals surface area contributed by atoms with Gasteiger partial charge in [0, 0.05) is 50.1 Å². The van der Waals surface area contributed by atoms with Gasteiger partial charge in [-0.15, -0.1) is 24.3 Å². The van der Waals surface area contributed by atoms with Crippen molar-refractivity contribution in [2.24, 2.45) is 0 Å².